The molecule has 4 nitrogen and oxygen atoms in total. The molecule has 6 heteroatoms. The van der Waals surface area contributed by atoms with Gasteiger partial charge in [0.2, 0.25) is 5.95 Å². The van der Waals surface area contributed by atoms with Crippen LogP contribution in [0, 0.1) is 5.82 Å². The molecule has 0 radical (unpaired) electrons. The maximum absolute atomic E-state index is 13.3. The van der Waals surface area contributed by atoms with Gasteiger partial charge in [-0.3, -0.25) is 0 Å². The van der Waals surface area contributed by atoms with Gasteiger partial charge in [0.05, 0.1) is 6.20 Å². The Balaban J connectivity index is 2.74. The molecule has 84 valence electrons. The van der Waals surface area contributed by atoms with Crippen molar-refractivity contribution in [2.75, 3.05) is 19.0 Å². The van der Waals surface area contributed by atoms with Crippen molar-refractivity contribution in [1.29, 1.82) is 0 Å². The minimum Gasteiger partial charge on any atom is -0.396 e. The van der Waals surface area contributed by atoms with Gasteiger partial charge in [0.25, 0.3) is 0 Å². The van der Waals surface area contributed by atoms with Crippen LogP contribution in [0.4, 0.5) is 10.3 Å². The van der Waals surface area contributed by atoms with E-state index in [0.717, 1.165) is 6.20 Å². The van der Waals surface area contributed by atoms with Crippen molar-refractivity contribution in [1.82, 2.24) is 9.97 Å². The minimum atomic E-state index is -0.427. The molecule has 0 aliphatic rings. The van der Waals surface area contributed by atoms with Gasteiger partial charge in [-0.2, -0.15) is 0 Å². The molecule has 0 saturated heterocycles. The normalized spacial score (nSPS) is 12.5. The number of aliphatic hydroxyl groups excluding tert-OH is 1. The van der Waals surface area contributed by atoms with E-state index in [1.807, 2.05) is 6.92 Å². The predicted molar refractivity (Wildman–Crippen MR) is 58.6 cm³/mol. The van der Waals surface area contributed by atoms with Gasteiger partial charge in [0.1, 0.15) is 5.03 Å². The number of nitrogens with zero attached hydrogens (tertiary/aromatic N) is 2. The van der Waals surface area contributed by atoms with Crippen molar-refractivity contribution >= 4 is 17.7 Å². The van der Waals surface area contributed by atoms with Crippen molar-refractivity contribution in [2.24, 2.45) is 0 Å². The molecule has 0 aromatic carbocycles. The highest BCUT2D eigenvalue weighted by Crippen LogP contribution is 2.25. The SMILES string of the molecule is CNc1ncc(F)c(SC(C)CCO)n1. The Hall–Kier alpha value is -0.880. The van der Waals surface area contributed by atoms with Crippen LogP contribution < -0.4 is 5.32 Å². The second kappa shape index (κ2) is 5.87. The van der Waals surface area contributed by atoms with Crippen molar-refractivity contribution in [3.05, 3.63) is 12.0 Å². The Kier molecular flexibility index (Phi) is 4.77. The standard InChI is InChI=1S/C9H14FN3OS/c1-6(3-4-14)15-8-7(10)5-12-9(11-2)13-8/h5-6,14H,3-4H2,1-2H3,(H,11,12,13). The molecular weight excluding hydrogens is 217 g/mol. The third kappa shape index (κ3) is 3.64. The second-order valence-electron chi connectivity index (χ2n) is 3.04. The number of hydrogen-bond donors (Lipinski definition) is 2. The van der Waals surface area contributed by atoms with Crippen LogP contribution in [0.1, 0.15) is 13.3 Å². The fourth-order valence-corrected chi connectivity index (χ4v) is 1.89. The highest BCUT2D eigenvalue weighted by Gasteiger charge is 2.11. The van der Waals surface area contributed by atoms with Crippen molar-refractivity contribution in [3.63, 3.8) is 0 Å². The second-order valence-corrected chi connectivity index (χ2v) is 4.46. The maximum Gasteiger partial charge on any atom is 0.223 e. The van der Waals surface area contributed by atoms with Crippen molar-refractivity contribution < 1.29 is 9.50 Å². The first-order valence-electron chi connectivity index (χ1n) is 4.65. The first kappa shape index (κ1) is 12.2. The summed E-state index contributed by atoms with van der Waals surface area (Å²) >= 11 is 1.30. The van der Waals surface area contributed by atoms with E-state index in [-0.39, 0.29) is 11.9 Å². The minimum absolute atomic E-state index is 0.0970. The molecule has 0 aliphatic heterocycles. The number of rotatable bonds is 5. The van der Waals surface area contributed by atoms with Crippen LogP contribution in [0.3, 0.4) is 0 Å². The molecule has 0 aliphatic carbocycles. The topological polar surface area (TPSA) is 58.0 Å². The van der Waals surface area contributed by atoms with Gasteiger partial charge in [-0.1, -0.05) is 6.92 Å². The van der Waals surface area contributed by atoms with Crippen LogP contribution in [0.5, 0.6) is 0 Å². The van der Waals surface area contributed by atoms with Gasteiger partial charge < -0.3 is 10.4 Å². The molecule has 0 spiro atoms. The van der Waals surface area contributed by atoms with Crippen molar-refractivity contribution in [3.8, 4) is 0 Å². The summed E-state index contributed by atoms with van der Waals surface area (Å²) in [5.41, 5.74) is 0. The molecule has 0 amide bonds. The summed E-state index contributed by atoms with van der Waals surface area (Å²) in [7, 11) is 1.68. The molecule has 2 N–H and O–H groups in total. The lowest BCUT2D eigenvalue weighted by molar-refractivity contribution is 0.289. The maximum atomic E-state index is 13.3. The Morgan fingerprint density at radius 3 is 3.00 bits per heavy atom. The van der Waals surface area contributed by atoms with Crippen LogP contribution in [0.15, 0.2) is 11.2 Å². The number of nitrogens with one attached hydrogen (secondary N) is 1. The molecule has 0 bridgehead atoms. The smallest absolute Gasteiger partial charge is 0.223 e. The zero-order chi connectivity index (χ0) is 11.3. The van der Waals surface area contributed by atoms with Crippen LogP contribution in [-0.4, -0.2) is 34.0 Å². The van der Waals surface area contributed by atoms with Crippen LogP contribution >= 0.6 is 11.8 Å². The molecule has 0 fully saturated rings. The molecular formula is C9H14FN3OS. The number of aliphatic hydroxyl groups is 1. The highest BCUT2D eigenvalue weighted by molar-refractivity contribution is 7.99. The van der Waals surface area contributed by atoms with Gasteiger partial charge in [-0.05, 0) is 6.42 Å². The summed E-state index contributed by atoms with van der Waals surface area (Å²) in [5, 5.41) is 11.9. The van der Waals surface area contributed by atoms with E-state index in [1.165, 1.54) is 11.8 Å². The van der Waals surface area contributed by atoms with Gasteiger partial charge in [-0.15, -0.1) is 11.8 Å². The van der Waals surface area contributed by atoms with Gasteiger partial charge in [-0.25, -0.2) is 14.4 Å². The monoisotopic (exact) mass is 231 g/mol. The average molecular weight is 231 g/mol. The number of hydrogen-bond acceptors (Lipinski definition) is 5. The van der Waals surface area contributed by atoms with Crippen LogP contribution in [0.2, 0.25) is 0 Å². The van der Waals surface area contributed by atoms with E-state index in [4.69, 9.17) is 5.11 Å². The van der Waals surface area contributed by atoms with Gasteiger partial charge >= 0.3 is 0 Å². The lowest BCUT2D eigenvalue weighted by Crippen LogP contribution is -2.03. The first-order chi connectivity index (χ1) is 7.17. The third-order valence-electron chi connectivity index (χ3n) is 1.78. The molecule has 1 aromatic rings. The zero-order valence-electron chi connectivity index (χ0n) is 8.70. The fraction of sp³-hybridized carbons (Fsp3) is 0.556. The third-order valence-corrected chi connectivity index (χ3v) is 2.93. The predicted octanol–water partition coefficient (Wildman–Crippen LogP) is 1.52. The quantitative estimate of drug-likeness (QED) is 0.594. The molecule has 0 saturated carbocycles. The summed E-state index contributed by atoms with van der Waals surface area (Å²) in [6, 6.07) is 0. The van der Waals surface area contributed by atoms with E-state index in [9.17, 15) is 4.39 Å². The van der Waals surface area contributed by atoms with E-state index in [2.05, 4.69) is 15.3 Å². The lowest BCUT2D eigenvalue weighted by Gasteiger charge is -2.09. The van der Waals surface area contributed by atoms with E-state index in [1.54, 1.807) is 7.05 Å². The average Bonchev–Trinajstić information content (AvgIpc) is 2.21. The zero-order valence-corrected chi connectivity index (χ0v) is 9.51. The Labute approximate surface area is 92.3 Å². The van der Waals surface area contributed by atoms with E-state index < -0.39 is 5.82 Å². The Morgan fingerprint density at radius 1 is 1.67 bits per heavy atom. The number of aromatic nitrogens is 2. The number of anilines is 1. The van der Waals surface area contributed by atoms with E-state index >= 15 is 0 Å². The Morgan fingerprint density at radius 2 is 2.40 bits per heavy atom. The van der Waals surface area contributed by atoms with Crippen LogP contribution in [-0.2, 0) is 0 Å². The fourth-order valence-electron chi connectivity index (χ4n) is 0.986. The summed E-state index contributed by atoms with van der Waals surface area (Å²) < 4.78 is 13.3. The van der Waals surface area contributed by atoms with Gasteiger partial charge in [0, 0.05) is 18.9 Å². The molecule has 1 atom stereocenters. The largest absolute Gasteiger partial charge is 0.396 e. The molecule has 1 aromatic heterocycles. The van der Waals surface area contributed by atoms with Crippen LogP contribution in [0.25, 0.3) is 0 Å². The Bertz CT molecular complexity index is 324. The first-order valence-corrected chi connectivity index (χ1v) is 5.53. The number of thioether (sulfide) groups is 1. The molecule has 1 unspecified atom stereocenters. The summed E-state index contributed by atoms with van der Waals surface area (Å²) in [6.45, 7) is 2.02. The van der Waals surface area contributed by atoms with Gasteiger partial charge in [0.15, 0.2) is 5.82 Å². The molecule has 1 rings (SSSR count). The van der Waals surface area contributed by atoms with E-state index in [0.29, 0.717) is 17.4 Å². The van der Waals surface area contributed by atoms with Crippen molar-refractivity contribution in [2.45, 2.75) is 23.6 Å². The summed E-state index contributed by atoms with van der Waals surface area (Å²) in [5.74, 6) is -0.0288. The lowest BCUT2D eigenvalue weighted by atomic mass is 10.3. The number of halogens is 1. The molecule has 1 heterocycles. The summed E-state index contributed by atoms with van der Waals surface area (Å²) in [4.78, 5) is 7.75. The molecule has 15 heavy (non-hydrogen) atoms. The summed E-state index contributed by atoms with van der Waals surface area (Å²) in [6.07, 6.45) is 1.76. The highest BCUT2D eigenvalue weighted by atomic mass is 32.2.